The summed E-state index contributed by atoms with van der Waals surface area (Å²) in [6.07, 6.45) is 0.403. The highest BCUT2D eigenvalue weighted by Crippen LogP contribution is 2.48. The van der Waals surface area contributed by atoms with Crippen molar-refractivity contribution < 1.29 is 18.9 Å². The minimum absolute atomic E-state index is 0.0472. The van der Waals surface area contributed by atoms with E-state index in [9.17, 15) is 15.1 Å². The summed E-state index contributed by atoms with van der Waals surface area (Å²) in [7, 11) is -2.22. The van der Waals surface area contributed by atoms with Gasteiger partial charge in [0, 0.05) is 18.1 Å². The zero-order valence-electron chi connectivity index (χ0n) is 16.5. The van der Waals surface area contributed by atoms with Gasteiger partial charge in [-0.15, -0.1) is 0 Å². The van der Waals surface area contributed by atoms with Crippen LogP contribution in [0.2, 0.25) is 18.1 Å². The highest BCUT2D eigenvalue weighted by Gasteiger charge is 2.61. The molecule has 1 saturated heterocycles. The van der Waals surface area contributed by atoms with Crippen LogP contribution in [-0.4, -0.2) is 55.4 Å². The molecule has 0 aliphatic carbocycles. The first-order valence-electron chi connectivity index (χ1n) is 9.20. The Morgan fingerprint density at radius 2 is 1.96 bits per heavy atom. The van der Waals surface area contributed by atoms with Crippen molar-refractivity contribution in [1.82, 2.24) is 5.32 Å². The third-order valence-electron chi connectivity index (χ3n) is 6.13. The second-order valence-electron chi connectivity index (χ2n) is 8.64. The van der Waals surface area contributed by atoms with E-state index in [4.69, 9.17) is 4.74 Å². The van der Waals surface area contributed by atoms with Crippen LogP contribution in [-0.2, 0) is 4.79 Å². The van der Waals surface area contributed by atoms with Gasteiger partial charge in [-0.2, -0.15) is 0 Å². The molecule has 0 aromatic heterocycles. The molecule has 3 unspecified atom stereocenters. The van der Waals surface area contributed by atoms with Crippen LogP contribution < -0.4 is 10.1 Å². The smallest absolute Gasteiger partial charge is 0.285 e. The number of hydrogen-bond acceptors (Lipinski definition) is 4. The lowest BCUT2D eigenvalue weighted by atomic mass is 9.96. The number of hydroxylamine groups is 2. The summed E-state index contributed by atoms with van der Waals surface area (Å²) < 4.78 is 5.21. The van der Waals surface area contributed by atoms with Gasteiger partial charge in [-0.25, -0.2) is 0 Å². The van der Waals surface area contributed by atoms with E-state index in [1.165, 1.54) is 0 Å². The van der Waals surface area contributed by atoms with Crippen molar-refractivity contribution in [3.05, 3.63) is 35.5 Å². The van der Waals surface area contributed by atoms with E-state index in [2.05, 4.69) is 39.2 Å². The molecule has 0 radical (unpaired) electrons. The third-order valence-corrected chi connectivity index (χ3v) is 12.2. The van der Waals surface area contributed by atoms with Crippen molar-refractivity contribution in [1.29, 1.82) is 0 Å². The summed E-state index contributed by atoms with van der Waals surface area (Å²) in [5.74, 6) is 0.404. The largest absolute Gasteiger partial charge is 0.652 e. The number of nitrogens with one attached hydrogen (secondary N) is 1. The normalized spacial score (nSPS) is 26.1. The van der Waals surface area contributed by atoms with E-state index in [0.717, 1.165) is 0 Å². The number of benzene rings is 1. The minimum atomic E-state index is -2.22. The van der Waals surface area contributed by atoms with Crippen LogP contribution in [0.3, 0.4) is 0 Å². The maximum Gasteiger partial charge on any atom is 0.285 e. The van der Waals surface area contributed by atoms with Crippen molar-refractivity contribution in [2.75, 3.05) is 19.8 Å². The lowest BCUT2D eigenvalue weighted by Gasteiger charge is -2.70. The SMILES string of the molecule is CC(C)(C)[Si](C)(C)[N+]1([O-])CC(NC(=O)COc2ccccc2)C1CCO. The second-order valence-corrected chi connectivity index (χ2v) is 14.0. The van der Waals surface area contributed by atoms with Crippen molar-refractivity contribution >= 4 is 14.1 Å². The van der Waals surface area contributed by atoms with Gasteiger partial charge in [-0.1, -0.05) is 39.0 Å². The Hall–Kier alpha value is -1.41. The molecule has 2 rings (SSSR count). The molecule has 26 heavy (non-hydrogen) atoms. The summed E-state index contributed by atoms with van der Waals surface area (Å²) in [4.78, 5) is 12.2. The summed E-state index contributed by atoms with van der Waals surface area (Å²) in [5.41, 5.74) is 0. The number of rotatable bonds is 7. The molecule has 3 atom stereocenters. The fraction of sp³-hybridized carbons (Fsp3) is 0.632. The Morgan fingerprint density at radius 3 is 2.50 bits per heavy atom. The highest BCUT2D eigenvalue weighted by molar-refractivity contribution is 6.73. The van der Waals surface area contributed by atoms with Crippen LogP contribution in [0.15, 0.2) is 30.3 Å². The van der Waals surface area contributed by atoms with Gasteiger partial charge >= 0.3 is 0 Å². The number of ether oxygens (including phenoxy) is 1. The van der Waals surface area contributed by atoms with E-state index in [1.54, 1.807) is 12.1 Å². The number of carbonyl (C=O) groups is 1. The summed E-state index contributed by atoms with van der Waals surface area (Å²) in [6.45, 7) is 10.8. The first-order chi connectivity index (χ1) is 12.0. The van der Waals surface area contributed by atoms with Crippen molar-refractivity contribution in [2.24, 2.45) is 0 Å². The van der Waals surface area contributed by atoms with Crippen molar-refractivity contribution in [2.45, 2.75) is 57.4 Å². The van der Waals surface area contributed by atoms with Crippen LogP contribution in [0.25, 0.3) is 0 Å². The average Bonchev–Trinajstić information content (AvgIpc) is 2.57. The van der Waals surface area contributed by atoms with Crippen molar-refractivity contribution in [3.8, 4) is 5.75 Å². The van der Waals surface area contributed by atoms with Crippen LogP contribution in [0.1, 0.15) is 27.2 Å². The monoisotopic (exact) mass is 380 g/mol. The van der Waals surface area contributed by atoms with Gasteiger partial charge in [-0.05, 0) is 25.2 Å². The first kappa shape index (κ1) is 20.9. The number of aliphatic hydroxyl groups is 1. The molecule has 1 aromatic rings. The summed E-state index contributed by atoms with van der Waals surface area (Å²) >= 11 is 0. The maximum atomic E-state index is 13.6. The van der Waals surface area contributed by atoms with Crippen LogP contribution in [0.4, 0.5) is 0 Å². The maximum absolute atomic E-state index is 13.6. The number of amides is 1. The number of carbonyl (C=O) groups excluding carboxylic acids is 1. The topological polar surface area (TPSA) is 81.6 Å². The molecule has 6 nitrogen and oxygen atoms in total. The lowest BCUT2D eigenvalue weighted by Crippen LogP contribution is -2.84. The molecule has 7 heteroatoms. The van der Waals surface area contributed by atoms with Gasteiger partial charge in [0.15, 0.2) is 6.61 Å². The fourth-order valence-electron chi connectivity index (χ4n) is 3.51. The Morgan fingerprint density at radius 1 is 1.35 bits per heavy atom. The van der Waals surface area contributed by atoms with E-state index in [0.29, 0.717) is 18.7 Å². The highest BCUT2D eigenvalue weighted by atomic mass is 28.3. The Kier molecular flexibility index (Phi) is 6.17. The summed E-state index contributed by atoms with van der Waals surface area (Å²) in [6, 6.07) is 8.66. The zero-order chi connectivity index (χ0) is 19.6. The van der Waals surface area contributed by atoms with Gasteiger partial charge in [0.25, 0.3) is 14.1 Å². The van der Waals surface area contributed by atoms with Gasteiger partial charge < -0.3 is 24.7 Å². The number of nitrogens with zero attached hydrogens (tertiary/aromatic N) is 1. The minimum Gasteiger partial charge on any atom is -0.652 e. The predicted molar refractivity (Wildman–Crippen MR) is 105 cm³/mol. The second kappa shape index (κ2) is 7.68. The van der Waals surface area contributed by atoms with Gasteiger partial charge in [0.2, 0.25) is 0 Å². The average molecular weight is 381 g/mol. The Balaban J connectivity index is 1.99. The lowest BCUT2D eigenvalue weighted by molar-refractivity contribution is -0.862. The van der Waals surface area contributed by atoms with E-state index in [1.807, 2.05) is 18.2 Å². The molecule has 1 heterocycles. The molecule has 1 amide bonds. The number of para-hydroxylation sites is 1. The third kappa shape index (κ3) is 3.96. The van der Waals surface area contributed by atoms with E-state index >= 15 is 0 Å². The molecule has 0 spiro atoms. The molecule has 146 valence electrons. The molecule has 1 aliphatic rings. The summed E-state index contributed by atoms with van der Waals surface area (Å²) in [5, 5.41) is 25.9. The Labute approximate surface area is 157 Å². The molecule has 2 N–H and O–H groups in total. The fourth-order valence-corrected chi connectivity index (χ4v) is 6.44. The Bertz CT molecular complexity index is 618. The molecular formula is C19H32N2O4Si. The van der Waals surface area contributed by atoms with E-state index in [-0.39, 0.29) is 40.6 Å². The number of hydrogen-bond donors (Lipinski definition) is 2. The molecule has 1 aromatic carbocycles. The van der Waals surface area contributed by atoms with E-state index < -0.39 is 8.24 Å². The predicted octanol–water partition coefficient (Wildman–Crippen LogP) is 2.63. The first-order valence-corrected chi connectivity index (χ1v) is 12.1. The molecule has 0 bridgehead atoms. The molecule has 0 saturated carbocycles. The molecule has 1 aliphatic heterocycles. The van der Waals surface area contributed by atoms with Crippen LogP contribution in [0.5, 0.6) is 5.75 Å². The number of aliphatic hydroxyl groups excluding tert-OH is 1. The standard InChI is InChI=1S/C19H32N2O4Si/c1-19(2,3)26(4,5)21(24)13-16(17(21)11-12-22)20-18(23)14-25-15-9-7-6-8-10-15/h6-10,16-17,22H,11-14H2,1-5H3,(H,20,23). The quantitative estimate of drug-likeness (QED) is 0.563. The van der Waals surface area contributed by atoms with Gasteiger partial charge in [0.1, 0.15) is 17.8 Å². The molecule has 1 fully saturated rings. The number of quaternary nitrogens is 1. The zero-order valence-corrected chi connectivity index (χ0v) is 17.5. The van der Waals surface area contributed by atoms with Crippen LogP contribution >= 0.6 is 0 Å². The van der Waals surface area contributed by atoms with Crippen molar-refractivity contribution in [3.63, 3.8) is 0 Å². The van der Waals surface area contributed by atoms with Crippen LogP contribution in [0, 0.1) is 5.21 Å². The van der Waals surface area contributed by atoms with Gasteiger partial charge in [-0.3, -0.25) is 4.79 Å². The molecular weight excluding hydrogens is 348 g/mol. The van der Waals surface area contributed by atoms with Gasteiger partial charge in [0.05, 0.1) is 6.54 Å².